The van der Waals surface area contributed by atoms with E-state index in [4.69, 9.17) is 4.74 Å². The van der Waals surface area contributed by atoms with Crippen LogP contribution in [0.3, 0.4) is 0 Å². The molecular formula is C14H31N3O3S. The molecule has 0 aliphatic carbocycles. The van der Waals surface area contributed by atoms with Gasteiger partial charge >= 0.3 is 0 Å². The van der Waals surface area contributed by atoms with Crippen LogP contribution in [0.1, 0.15) is 39.5 Å². The molecule has 126 valence electrons. The summed E-state index contributed by atoms with van der Waals surface area (Å²) >= 11 is 0. The SMILES string of the molecule is CCCNCCCN(C)S(=O)(=O)NC(C)C1CCOCC1. The highest BCUT2D eigenvalue weighted by Gasteiger charge is 2.26. The standard InChI is InChI=1S/C14H31N3O3S/c1-4-8-15-9-5-10-17(3)21(18,19)16-13(2)14-6-11-20-12-7-14/h13-16H,4-12H2,1-3H3. The molecule has 1 saturated heterocycles. The topological polar surface area (TPSA) is 70.7 Å². The van der Waals surface area contributed by atoms with Crippen molar-refractivity contribution in [2.24, 2.45) is 5.92 Å². The lowest BCUT2D eigenvalue weighted by Gasteiger charge is -2.29. The Balaban J connectivity index is 2.33. The molecule has 0 aromatic carbocycles. The summed E-state index contributed by atoms with van der Waals surface area (Å²) < 4.78 is 34.1. The van der Waals surface area contributed by atoms with Crippen LogP contribution in [0.15, 0.2) is 0 Å². The minimum Gasteiger partial charge on any atom is -0.381 e. The van der Waals surface area contributed by atoms with Crippen LogP contribution in [0.2, 0.25) is 0 Å². The summed E-state index contributed by atoms with van der Waals surface area (Å²) in [6.07, 6.45) is 3.77. The van der Waals surface area contributed by atoms with E-state index < -0.39 is 10.2 Å². The molecule has 1 heterocycles. The average molecular weight is 321 g/mol. The first-order valence-electron chi connectivity index (χ1n) is 7.99. The Labute approximate surface area is 129 Å². The van der Waals surface area contributed by atoms with Crippen LogP contribution >= 0.6 is 0 Å². The highest BCUT2D eigenvalue weighted by Crippen LogP contribution is 2.19. The molecule has 6 nitrogen and oxygen atoms in total. The van der Waals surface area contributed by atoms with Crippen LogP contribution in [0.4, 0.5) is 0 Å². The Bertz CT molecular complexity index is 370. The van der Waals surface area contributed by atoms with Gasteiger partial charge in [-0.05, 0) is 51.6 Å². The highest BCUT2D eigenvalue weighted by atomic mass is 32.2. The van der Waals surface area contributed by atoms with Gasteiger partial charge < -0.3 is 10.1 Å². The quantitative estimate of drug-likeness (QED) is 0.588. The second-order valence-corrected chi connectivity index (χ2v) is 7.60. The van der Waals surface area contributed by atoms with Crippen LogP contribution in [-0.2, 0) is 14.9 Å². The van der Waals surface area contributed by atoms with E-state index in [-0.39, 0.29) is 6.04 Å². The van der Waals surface area contributed by atoms with Gasteiger partial charge in [-0.15, -0.1) is 0 Å². The molecule has 1 aliphatic heterocycles. The zero-order valence-electron chi connectivity index (χ0n) is 13.6. The number of ether oxygens (including phenoxy) is 1. The average Bonchev–Trinajstić information content (AvgIpc) is 2.47. The fraction of sp³-hybridized carbons (Fsp3) is 1.00. The van der Waals surface area contributed by atoms with E-state index in [1.165, 1.54) is 4.31 Å². The predicted octanol–water partition coefficient (Wildman–Crippen LogP) is 0.957. The van der Waals surface area contributed by atoms with Crippen molar-refractivity contribution >= 4 is 10.2 Å². The Morgan fingerprint density at radius 2 is 1.95 bits per heavy atom. The number of hydrogen-bond acceptors (Lipinski definition) is 4. The molecular weight excluding hydrogens is 290 g/mol. The van der Waals surface area contributed by atoms with E-state index in [0.29, 0.717) is 12.5 Å². The van der Waals surface area contributed by atoms with Crippen molar-refractivity contribution in [3.63, 3.8) is 0 Å². The molecule has 1 atom stereocenters. The van der Waals surface area contributed by atoms with Crippen LogP contribution in [-0.4, -0.2) is 58.7 Å². The Morgan fingerprint density at radius 3 is 2.57 bits per heavy atom. The maximum absolute atomic E-state index is 12.3. The third-order valence-electron chi connectivity index (χ3n) is 3.97. The van der Waals surface area contributed by atoms with Crippen molar-refractivity contribution < 1.29 is 13.2 Å². The molecule has 21 heavy (non-hydrogen) atoms. The monoisotopic (exact) mass is 321 g/mol. The molecule has 0 aromatic rings. The van der Waals surface area contributed by atoms with Gasteiger partial charge in [0.25, 0.3) is 10.2 Å². The Morgan fingerprint density at radius 1 is 1.29 bits per heavy atom. The van der Waals surface area contributed by atoms with E-state index in [9.17, 15) is 8.42 Å². The van der Waals surface area contributed by atoms with Crippen LogP contribution in [0.5, 0.6) is 0 Å². The van der Waals surface area contributed by atoms with E-state index in [1.807, 2.05) is 6.92 Å². The highest BCUT2D eigenvalue weighted by molar-refractivity contribution is 7.87. The van der Waals surface area contributed by atoms with Gasteiger partial charge in [-0.1, -0.05) is 6.92 Å². The zero-order chi connectivity index (χ0) is 15.7. The Kier molecular flexibility index (Phi) is 8.73. The summed E-state index contributed by atoms with van der Waals surface area (Å²) in [6.45, 7) is 7.89. The number of nitrogens with zero attached hydrogens (tertiary/aromatic N) is 1. The van der Waals surface area contributed by atoms with Gasteiger partial charge in [-0.3, -0.25) is 0 Å². The van der Waals surface area contributed by atoms with E-state index in [1.54, 1.807) is 7.05 Å². The van der Waals surface area contributed by atoms with Gasteiger partial charge in [0.15, 0.2) is 0 Å². The molecule has 0 radical (unpaired) electrons. The molecule has 1 rings (SSSR count). The molecule has 7 heteroatoms. The van der Waals surface area contributed by atoms with Gasteiger partial charge in [0.05, 0.1) is 0 Å². The fourth-order valence-corrected chi connectivity index (χ4v) is 3.70. The minimum atomic E-state index is -3.39. The van der Waals surface area contributed by atoms with E-state index in [0.717, 1.165) is 52.0 Å². The summed E-state index contributed by atoms with van der Waals surface area (Å²) in [5.74, 6) is 0.369. The van der Waals surface area contributed by atoms with E-state index >= 15 is 0 Å². The molecule has 1 aliphatic rings. The number of hydrogen-bond donors (Lipinski definition) is 2. The van der Waals surface area contributed by atoms with Crippen LogP contribution < -0.4 is 10.0 Å². The van der Waals surface area contributed by atoms with Crippen molar-refractivity contribution in [1.29, 1.82) is 0 Å². The number of rotatable bonds is 10. The first kappa shape index (κ1) is 18.8. The lowest BCUT2D eigenvalue weighted by molar-refractivity contribution is 0.0584. The molecule has 0 bridgehead atoms. The third-order valence-corrected chi connectivity index (χ3v) is 5.64. The smallest absolute Gasteiger partial charge is 0.279 e. The van der Waals surface area contributed by atoms with Gasteiger partial charge in [0.1, 0.15) is 0 Å². The van der Waals surface area contributed by atoms with Gasteiger partial charge in [0, 0.05) is 32.8 Å². The number of nitrogens with one attached hydrogen (secondary N) is 2. The van der Waals surface area contributed by atoms with Gasteiger partial charge in [-0.25, -0.2) is 0 Å². The summed E-state index contributed by atoms with van der Waals surface area (Å²) in [4.78, 5) is 0. The lowest BCUT2D eigenvalue weighted by Crippen LogP contribution is -2.46. The van der Waals surface area contributed by atoms with Crippen molar-refractivity contribution in [1.82, 2.24) is 14.3 Å². The summed E-state index contributed by atoms with van der Waals surface area (Å²) in [5.41, 5.74) is 0. The largest absolute Gasteiger partial charge is 0.381 e. The third kappa shape index (κ3) is 7.06. The lowest BCUT2D eigenvalue weighted by atomic mass is 9.94. The van der Waals surface area contributed by atoms with Crippen molar-refractivity contribution in [2.45, 2.75) is 45.6 Å². The molecule has 1 unspecified atom stereocenters. The maximum atomic E-state index is 12.3. The second kappa shape index (κ2) is 9.74. The molecule has 0 spiro atoms. The van der Waals surface area contributed by atoms with Crippen molar-refractivity contribution in [3.8, 4) is 0 Å². The van der Waals surface area contributed by atoms with Crippen molar-refractivity contribution in [3.05, 3.63) is 0 Å². The molecule has 0 amide bonds. The summed E-state index contributed by atoms with van der Waals surface area (Å²) in [5, 5.41) is 3.28. The molecule has 0 saturated carbocycles. The normalized spacial score (nSPS) is 19.0. The zero-order valence-corrected chi connectivity index (χ0v) is 14.4. The van der Waals surface area contributed by atoms with Crippen LogP contribution in [0.25, 0.3) is 0 Å². The maximum Gasteiger partial charge on any atom is 0.279 e. The minimum absolute atomic E-state index is 0.0421. The first-order valence-corrected chi connectivity index (χ1v) is 9.43. The summed E-state index contributed by atoms with van der Waals surface area (Å²) in [7, 11) is -1.75. The molecule has 2 N–H and O–H groups in total. The second-order valence-electron chi connectivity index (χ2n) is 5.79. The van der Waals surface area contributed by atoms with Crippen molar-refractivity contribution in [2.75, 3.05) is 39.9 Å². The predicted molar refractivity (Wildman–Crippen MR) is 85.5 cm³/mol. The first-order chi connectivity index (χ1) is 9.97. The Hall–Kier alpha value is -0.210. The van der Waals surface area contributed by atoms with Crippen LogP contribution in [0, 0.1) is 5.92 Å². The molecule has 1 fully saturated rings. The fourth-order valence-electron chi connectivity index (χ4n) is 2.49. The van der Waals surface area contributed by atoms with Gasteiger partial charge in [-0.2, -0.15) is 17.4 Å². The van der Waals surface area contributed by atoms with Gasteiger partial charge in [0.2, 0.25) is 0 Å². The van der Waals surface area contributed by atoms with E-state index in [2.05, 4.69) is 17.0 Å². The summed E-state index contributed by atoms with van der Waals surface area (Å²) in [6, 6.07) is -0.0421. The molecule has 0 aromatic heterocycles.